The molecule has 1 aromatic heterocycles. The van der Waals surface area contributed by atoms with Gasteiger partial charge in [-0.15, -0.1) is 0 Å². The van der Waals surface area contributed by atoms with Crippen molar-refractivity contribution in [3.63, 3.8) is 0 Å². The van der Waals surface area contributed by atoms with Crippen molar-refractivity contribution in [2.24, 2.45) is 5.73 Å². The zero-order chi connectivity index (χ0) is 14.6. The van der Waals surface area contributed by atoms with Crippen LogP contribution >= 0.6 is 0 Å². The van der Waals surface area contributed by atoms with Crippen molar-refractivity contribution in [1.29, 1.82) is 0 Å². The Morgan fingerprint density at radius 1 is 1.40 bits per heavy atom. The number of nitrogens with zero attached hydrogens (tertiary/aromatic N) is 2. The maximum atomic E-state index is 12.1. The number of sulfonamides is 1. The van der Waals surface area contributed by atoms with Gasteiger partial charge in [0.15, 0.2) is 0 Å². The number of hydrogen-bond acceptors (Lipinski definition) is 4. The van der Waals surface area contributed by atoms with Crippen molar-refractivity contribution >= 4 is 10.0 Å². The van der Waals surface area contributed by atoms with Crippen molar-refractivity contribution in [2.45, 2.75) is 24.9 Å². The molecule has 0 aliphatic rings. The number of rotatable bonds is 6. The first-order valence-electron chi connectivity index (χ1n) is 6.29. The van der Waals surface area contributed by atoms with Gasteiger partial charge in [-0.2, -0.15) is 5.10 Å². The minimum atomic E-state index is -3.50. The lowest BCUT2D eigenvalue weighted by molar-refractivity contribution is 0.560. The summed E-state index contributed by atoms with van der Waals surface area (Å²) < 4.78 is 28.5. The largest absolute Gasteiger partial charge is 0.326 e. The molecule has 1 aromatic carbocycles. The van der Waals surface area contributed by atoms with Gasteiger partial charge in [-0.25, -0.2) is 13.1 Å². The number of aromatic nitrogens is 2. The van der Waals surface area contributed by atoms with Crippen LogP contribution in [0.2, 0.25) is 0 Å². The van der Waals surface area contributed by atoms with Crippen molar-refractivity contribution in [3.8, 4) is 0 Å². The van der Waals surface area contributed by atoms with Crippen molar-refractivity contribution in [2.75, 3.05) is 6.54 Å². The minimum Gasteiger partial charge on any atom is -0.326 e. The summed E-state index contributed by atoms with van der Waals surface area (Å²) in [5.74, 6) is 0. The molecule has 20 heavy (non-hydrogen) atoms. The molecule has 0 atom stereocenters. The van der Waals surface area contributed by atoms with E-state index in [2.05, 4.69) is 9.82 Å². The average Bonchev–Trinajstić information content (AvgIpc) is 2.84. The van der Waals surface area contributed by atoms with E-state index in [1.54, 1.807) is 35.1 Å². The number of nitrogens with two attached hydrogens (primary N) is 1. The normalized spacial score (nSPS) is 11.7. The van der Waals surface area contributed by atoms with Crippen LogP contribution in [0, 0.1) is 6.92 Å². The van der Waals surface area contributed by atoms with Crippen LogP contribution in [0.1, 0.15) is 11.1 Å². The molecule has 0 aliphatic carbocycles. The van der Waals surface area contributed by atoms with Gasteiger partial charge in [0.05, 0.1) is 17.6 Å². The summed E-state index contributed by atoms with van der Waals surface area (Å²) >= 11 is 0. The van der Waals surface area contributed by atoms with Crippen LogP contribution in [0.5, 0.6) is 0 Å². The Hall–Kier alpha value is -1.70. The van der Waals surface area contributed by atoms with Crippen LogP contribution in [-0.4, -0.2) is 24.7 Å². The molecular weight excluding hydrogens is 276 g/mol. The number of benzene rings is 1. The minimum absolute atomic E-state index is 0.233. The lowest BCUT2D eigenvalue weighted by atomic mass is 10.2. The van der Waals surface area contributed by atoms with Crippen LogP contribution in [0.3, 0.4) is 0 Å². The molecule has 0 saturated heterocycles. The highest BCUT2D eigenvalue weighted by Gasteiger charge is 2.13. The van der Waals surface area contributed by atoms with Crippen LogP contribution in [0.25, 0.3) is 0 Å². The smallest absolute Gasteiger partial charge is 0.240 e. The molecule has 0 unspecified atom stereocenters. The van der Waals surface area contributed by atoms with E-state index >= 15 is 0 Å². The zero-order valence-corrected chi connectivity index (χ0v) is 12.1. The van der Waals surface area contributed by atoms with Gasteiger partial charge in [-0.05, 0) is 30.2 Å². The standard InChI is InChI=1S/C13H18N4O2S/c1-11-9-15-17(10-11)6-5-16-20(18,19)13-4-2-3-12(7-13)8-14/h2-4,7,9-10,16H,5-6,8,14H2,1H3. The maximum Gasteiger partial charge on any atom is 0.240 e. The third-order valence-corrected chi connectivity index (χ3v) is 4.30. The van der Waals surface area contributed by atoms with Crippen molar-refractivity contribution < 1.29 is 8.42 Å². The van der Waals surface area contributed by atoms with E-state index in [1.165, 1.54) is 0 Å². The Morgan fingerprint density at radius 3 is 2.85 bits per heavy atom. The van der Waals surface area contributed by atoms with Gasteiger partial charge in [0.25, 0.3) is 0 Å². The first-order chi connectivity index (χ1) is 9.51. The summed E-state index contributed by atoms with van der Waals surface area (Å²) in [6.07, 6.45) is 3.60. The fraction of sp³-hybridized carbons (Fsp3) is 0.308. The fourth-order valence-corrected chi connectivity index (χ4v) is 2.90. The second-order valence-corrected chi connectivity index (χ2v) is 6.30. The van der Waals surface area contributed by atoms with E-state index in [4.69, 9.17) is 5.73 Å². The second-order valence-electron chi connectivity index (χ2n) is 4.53. The van der Waals surface area contributed by atoms with E-state index in [0.717, 1.165) is 11.1 Å². The summed E-state index contributed by atoms with van der Waals surface area (Å²) in [6, 6.07) is 6.62. The lowest BCUT2D eigenvalue weighted by Gasteiger charge is -2.08. The van der Waals surface area contributed by atoms with Gasteiger partial charge < -0.3 is 5.73 Å². The van der Waals surface area contributed by atoms with E-state index in [9.17, 15) is 8.42 Å². The molecule has 2 aromatic rings. The topological polar surface area (TPSA) is 90.0 Å². The predicted molar refractivity (Wildman–Crippen MR) is 76.5 cm³/mol. The van der Waals surface area contributed by atoms with Crippen LogP contribution in [-0.2, 0) is 23.1 Å². The molecule has 0 radical (unpaired) electrons. The van der Waals surface area contributed by atoms with E-state index in [1.807, 2.05) is 13.1 Å². The van der Waals surface area contributed by atoms with Gasteiger partial charge in [0.2, 0.25) is 10.0 Å². The lowest BCUT2D eigenvalue weighted by Crippen LogP contribution is -2.27. The number of aryl methyl sites for hydroxylation is 1. The van der Waals surface area contributed by atoms with E-state index < -0.39 is 10.0 Å². The number of hydrogen-bond donors (Lipinski definition) is 2. The molecule has 2 rings (SSSR count). The molecule has 0 saturated carbocycles. The van der Waals surface area contributed by atoms with Crippen LogP contribution in [0.15, 0.2) is 41.6 Å². The third kappa shape index (κ3) is 3.66. The summed E-state index contributed by atoms with van der Waals surface area (Å²) in [5.41, 5.74) is 7.35. The molecule has 7 heteroatoms. The SMILES string of the molecule is Cc1cnn(CCNS(=O)(=O)c2cccc(CN)c2)c1. The zero-order valence-electron chi connectivity index (χ0n) is 11.3. The fourth-order valence-electron chi connectivity index (χ4n) is 1.81. The van der Waals surface area contributed by atoms with Crippen LogP contribution < -0.4 is 10.5 Å². The molecule has 108 valence electrons. The summed E-state index contributed by atoms with van der Waals surface area (Å²) in [6.45, 7) is 3.03. The van der Waals surface area contributed by atoms with Crippen LogP contribution in [0.4, 0.5) is 0 Å². The first-order valence-corrected chi connectivity index (χ1v) is 7.77. The maximum absolute atomic E-state index is 12.1. The van der Waals surface area contributed by atoms with Gasteiger partial charge in [0.1, 0.15) is 0 Å². The molecule has 0 spiro atoms. The quantitative estimate of drug-likeness (QED) is 0.817. The second kappa shape index (κ2) is 6.17. The van der Waals surface area contributed by atoms with Crippen molar-refractivity contribution in [3.05, 3.63) is 47.8 Å². The Labute approximate surface area is 118 Å². The van der Waals surface area contributed by atoms with Crippen molar-refractivity contribution in [1.82, 2.24) is 14.5 Å². The molecule has 1 heterocycles. The monoisotopic (exact) mass is 294 g/mol. The molecule has 0 amide bonds. The van der Waals surface area contributed by atoms with Gasteiger partial charge in [-0.1, -0.05) is 12.1 Å². The third-order valence-electron chi connectivity index (χ3n) is 2.84. The summed E-state index contributed by atoms with van der Waals surface area (Å²) in [7, 11) is -3.50. The van der Waals surface area contributed by atoms with E-state index in [0.29, 0.717) is 13.1 Å². The highest BCUT2D eigenvalue weighted by molar-refractivity contribution is 7.89. The first kappa shape index (κ1) is 14.7. The molecular formula is C13H18N4O2S. The number of nitrogens with one attached hydrogen (secondary N) is 1. The predicted octanol–water partition coefficient (Wildman–Crippen LogP) is 0.629. The highest BCUT2D eigenvalue weighted by Crippen LogP contribution is 2.10. The Balaban J connectivity index is 2.00. The molecule has 3 N–H and O–H groups in total. The Kier molecular flexibility index (Phi) is 4.53. The molecule has 0 aliphatic heterocycles. The Bertz CT molecular complexity index is 679. The average molecular weight is 294 g/mol. The highest BCUT2D eigenvalue weighted by atomic mass is 32.2. The summed E-state index contributed by atoms with van der Waals surface area (Å²) in [5, 5.41) is 4.10. The molecule has 6 nitrogen and oxygen atoms in total. The van der Waals surface area contributed by atoms with Gasteiger partial charge >= 0.3 is 0 Å². The molecule has 0 bridgehead atoms. The van der Waals surface area contributed by atoms with Gasteiger partial charge in [-0.3, -0.25) is 4.68 Å². The summed E-state index contributed by atoms with van der Waals surface area (Å²) in [4.78, 5) is 0.233. The Morgan fingerprint density at radius 2 is 2.20 bits per heavy atom. The van der Waals surface area contributed by atoms with Gasteiger partial charge in [0, 0.05) is 19.3 Å². The molecule has 0 fully saturated rings. The van der Waals surface area contributed by atoms with E-state index in [-0.39, 0.29) is 11.4 Å².